The normalized spacial score (nSPS) is 10.9. The van der Waals surface area contributed by atoms with Gasteiger partial charge in [0.15, 0.2) is 0 Å². The van der Waals surface area contributed by atoms with Crippen LogP contribution in [0.3, 0.4) is 0 Å². The maximum Gasteiger partial charge on any atom is 0.128 e. The van der Waals surface area contributed by atoms with Crippen LogP contribution in [-0.2, 0) is 4.84 Å². The third kappa shape index (κ3) is 3.09. The van der Waals surface area contributed by atoms with E-state index >= 15 is 0 Å². The number of benzene rings is 1. The highest BCUT2D eigenvalue weighted by Crippen LogP contribution is 2.17. The molecule has 0 aliphatic rings. The summed E-state index contributed by atoms with van der Waals surface area (Å²) in [5.41, 5.74) is 0.919. The molecule has 1 rings (SSSR count). The highest BCUT2D eigenvalue weighted by molar-refractivity contribution is 5.83. The molecule has 0 saturated heterocycles. The van der Waals surface area contributed by atoms with Crippen molar-refractivity contribution >= 4 is 6.21 Å². The molecule has 0 unspecified atom stereocenters. The Morgan fingerprint density at radius 2 is 2.00 bits per heavy atom. The Kier molecular flexibility index (Phi) is 3.98. The van der Waals surface area contributed by atoms with Crippen molar-refractivity contribution in [2.45, 2.75) is 20.0 Å². The Morgan fingerprint density at radius 1 is 1.29 bits per heavy atom. The molecular formula is C11H15NO2. The Balaban J connectivity index is 2.85. The zero-order chi connectivity index (χ0) is 10.4. The van der Waals surface area contributed by atoms with Crippen molar-refractivity contribution in [2.75, 3.05) is 7.11 Å². The number of ether oxygens (including phenoxy) is 1. The Bertz CT molecular complexity index is 308. The highest BCUT2D eigenvalue weighted by atomic mass is 16.6. The lowest BCUT2D eigenvalue weighted by atomic mass is 10.2. The lowest BCUT2D eigenvalue weighted by Crippen LogP contribution is -2.07. The maximum atomic E-state index is 5.60. The zero-order valence-corrected chi connectivity index (χ0v) is 8.73. The number of hydrogen-bond acceptors (Lipinski definition) is 3. The molecule has 0 heterocycles. The van der Waals surface area contributed by atoms with E-state index in [0.717, 1.165) is 11.3 Å². The number of hydrogen-bond donors (Lipinski definition) is 0. The highest BCUT2D eigenvalue weighted by Gasteiger charge is 2.02. The van der Waals surface area contributed by atoms with Gasteiger partial charge < -0.3 is 9.57 Å². The van der Waals surface area contributed by atoms with Crippen molar-refractivity contribution in [1.29, 1.82) is 0 Å². The molecule has 0 amide bonds. The van der Waals surface area contributed by atoms with Gasteiger partial charge in [0.2, 0.25) is 0 Å². The first kappa shape index (κ1) is 10.6. The molecule has 0 fully saturated rings. The first-order chi connectivity index (χ1) is 6.74. The van der Waals surface area contributed by atoms with Crippen molar-refractivity contribution in [3.8, 4) is 5.75 Å². The second kappa shape index (κ2) is 5.27. The largest absolute Gasteiger partial charge is 0.490 e. The maximum absolute atomic E-state index is 5.60. The van der Waals surface area contributed by atoms with Crippen molar-refractivity contribution in [1.82, 2.24) is 0 Å². The quantitative estimate of drug-likeness (QED) is 0.543. The van der Waals surface area contributed by atoms with Crippen molar-refractivity contribution in [2.24, 2.45) is 5.16 Å². The van der Waals surface area contributed by atoms with E-state index in [1.165, 1.54) is 7.11 Å². The summed E-state index contributed by atoms with van der Waals surface area (Å²) >= 11 is 0. The number of nitrogens with zero attached hydrogens (tertiary/aromatic N) is 1. The molecule has 76 valence electrons. The van der Waals surface area contributed by atoms with Crippen LogP contribution in [0.2, 0.25) is 0 Å². The molecule has 0 bridgehead atoms. The molecular weight excluding hydrogens is 178 g/mol. The second-order valence-corrected chi connectivity index (χ2v) is 3.12. The molecule has 1 aromatic rings. The minimum atomic E-state index is 0.159. The molecule has 0 saturated carbocycles. The van der Waals surface area contributed by atoms with Gasteiger partial charge in [-0.3, -0.25) is 0 Å². The Morgan fingerprint density at radius 3 is 2.64 bits per heavy atom. The molecule has 3 heteroatoms. The van der Waals surface area contributed by atoms with Crippen molar-refractivity contribution < 1.29 is 9.57 Å². The van der Waals surface area contributed by atoms with Crippen LogP contribution in [0.25, 0.3) is 0 Å². The van der Waals surface area contributed by atoms with Gasteiger partial charge in [-0.05, 0) is 26.0 Å². The van der Waals surface area contributed by atoms with Crippen LogP contribution in [0.1, 0.15) is 19.4 Å². The summed E-state index contributed by atoms with van der Waals surface area (Å²) in [6.07, 6.45) is 1.80. The number of rotatable bonds is 4. The zero-order valence-electron chi connectivity index (χ0n) is 8.73. The predicted molar refractivity (Wildman–Crippen MR) is 56.8 cm³/mol. The standard InChI is InChI=1S/C11H15NO2/c1-9(2)14-11-7-5-4-6-10(11)8-12-13-3/h4-9H,1-3H3/b12-8+. The summed E-state index contributed by atoms with van der Waals surface area (Å²) in [7, 11) is 1.52. The van der Waals surface area contributed by atoms with E-state index in [-0.39, 0.29) is 6.10 Å². The SMILES string of the molecule is CO/N=C/c1ccccc1OC(C)C. The van der Waals surface area contributed by atoms with E-state index in [1.807, 2.05) is 38.1 Å². The van der Waals surface area contributed by atoms with Gasteiger partial charge in [0.05, 0.1) is 12.3 Å². The monoisotopic (exact) mass is 193 g/mol. The van der Waals surface area contributed by atoms with Gasteiger partial charge in [0.1, 0.15) is 12.9 Å². The lowest BCUT2D eigenvalue weighted by molar-refractivity contribution is 0.215. The second-order valence-electron chi connectivity index (χ2n) is 3.12. The third-order valence-electron chi connectivity index (χ3n) is 1.58. The molecule has 0 spiro atoms. The van der Waals surface area contributed by atoms with Crippen LogP contribution in [0.4, 0.5) is 0 Å². The van der Waals surface area contributed by atoms with Gasteiger partial charge in [-0.25, -0.2) is 0 Å². The van der Waals surface area contributed by atoms with Gasteiger partial charge in [0, 0.05) is 5.56 Å². The number of para-hydroxylation sites is 1. The van der Waals surface area contributed by atoms with Crippen molar-refractivity contribution in [3.63, 3.8) is 0 Å². The van der Waals surface area contributed by atoms with E-state index in [1.54, 1.807) is 6.21 Å². The fourth-order valence-corrected chi connectivity index (χ4v) is 1.06. The van der Waals surface area contributed by atoms with E-state index in [4.69, 9.17) is 4.74 Å². The Labute approximate surface area is 84.3 Å². The van der Waals surface area contributed by atoms with Gasteiger partial charge in [0.25, 0.3) is 0 Å². The fourth-order valence-electron chi connectivity index (χ4n) is 1.06. The summed E-state index contributed by atoms with van der Waals surface area (Å²) in [6, 6.07) is 7.71. The van der Waals surface area contributed by atoms with Crippen LogP contribution in [0.15, 0.2) is 29.4 Å². The van der Waals surface area contributed by atoms with Crippen molar-refractivity contribution in [3.05, 3.63) is 29.8 Å². The first-order valence-electron chi connectivity index (χ1n) is 4.56. The topological polar surface area (TPSA) is 30.8 Å². The molecule has 0 aliphatic carbocycles. The van der Waals surface area contributed by atoms with Gasteiger partial charge in [-0.2, -0.15) is 0 Å². The molecule has 0 N–H and O–H groups in total. The van der Waals surface area contributed by atoms with Crippen LogP contribution in [0.5, 0.6) is 5.75 Å². The van der Waals surface area contributed by atoms with Crippen LogP contribution >= 0.6 is 0 Å². The minimum absolute atomic E-state index is 0.159. The smallest absolute Gasteiger partial charge is 0.128 e. The molecule has 1 aromatic carbocycles. The third-order valence-corrected chi connectivity index (χ3v) is 1.58. The fraction of sp³-hybridized carbons (Fsp3) is 0.364. The molecule has 3 nitrogen and oxygen atoms in total. The molecule has 14 heavy (non-hydrogen) atoms. The average Bonchev–Trinajstić information content (AvgIpc) is 2.16. The average molecular weight is 193 g/mol. The van der Waals surface area contributed by atoms with Crippen LogP contribution in [-0.4, -0.2) is 19.4 Å². The van der Waals surface area contributed by atoms with Crippen LogP contribution in [0, 0.1) is 0 Å². The number of oxime groups is 1. The molecule has 0 aliphatic heterocycles. The summed E-state index contributed by atoms with van der Waals surface area (Å²) < 4.78 is 5.60. The molecule has 0 radical (unpaired) electrons. The Hall–Kier alpha value is -1.51. The van der Waals surface area contributed by atoms with Gasteiger partial charge in [-0.15, -0.1) is 0 Å². The minimum Gasteiger partial charge on any atom is -0.490 e. The lowest BCUT2D eigenvalue weighted by Gasteiger charge is -2.11. The van der Waals surface area contributed by atoms with Crippen LogP contribution < -0.4 is 4.74 Å². The van der Waals surface area contributed by atoms with Gasteiger partial charge in [-0.1, -0.05) is 17.3 Å². The summed E-state index contributed by atoms with van der Waals surface area (Å²) in [4.78, 5) is 4.62. The van der Waals surface area contributed by atoms with E-state index in [9.17, 15) is 0 Å². The summed E-state index contributed by atoms with van der Waals surface area (Å²) in [6.45, 7) is 3.98. The van der Waals surface area contributed by atoms with Gasteiger partial charge >= 0.3 is 0 Å². The summed E-state index contributed by atoms with van der Waals surface area (Å²) in [5.74, 6) is 0.823. The van der Waals surface area contributed by atoms with E-state index in [2.05, 4.69) is 9.99 Å². The first-order valence-corrected chi connectivity index (χ1v) is 4.56. The molecule has 0 aromatic heterocycles. The van der Waals surface area contributed by atoms with E-state index in [0.29, 0.717) is 0 Å². The molecule has 0 atom stereocenters. The predicted octanol–water partition coefficient (Wildman–Crippen LogP) is 2.45. The summed E-state index contributed by atoms with van der Waals surface area (Å²) in [5, 5.41) is 3.70. The van der Waals surface area contributed by atoms with E-state index < -0.39 is 0 Å².